The fraction of sp³-hybridized carbons (Fsp3) is 0.136. The van der Waals surface area contributed by atoms with Crippen LogP contribution in [0.3, 0.4) is 0 Å². The Morgan fingerprint density at radius 1 is 1.04 bits per heavy atom. The topological polar surface area (TPSA) is 71.1 Å². The largest absolute Gasteiger partial charge is 0.345 e. The van der Waals surface area contributed by atoms with E-state index in [4.69, 9.17) is 11.6 Å². The van der Waals surface area contributed by atoms with Crippen LogP contribution in [-0.2, 0) is 4.79 Å². The van der Waals surface area contributed by atoms with Crippen molar-refractivity contribution < 1.29 is 9.59 Å². The molecule has 1 aromatic heterocycles. The van der Waals surface area contributed by atoms with Gasteiger partial charge in [-0.1, -0.05) is 54.1 Å². The predicted molar refractivity (Wildman–Crippen MR) is 110 cm³/mol. The Labute approximate surface area is 168 Å². The van der Waals surface area contributed by atoms with E-state index in [9.17, 15) is 9.59 Å². The van der Waals surface area contributed by atoms with Gasteiger partial charge in [-0.15, -0.1) is 0 Å². The van der Waals surface area contributed by atoms with E-state index in [1.54, 1.807) is 36.5 Å². The van der Waals surface area contributed by atoms with Crippen molar-refractivity contribution in [1.29, 1.82) is 0 Å². The van der Waals surface area contributed by atoms with Gasteiger partial charge in [0.1, 0.15) is 5.82 Å². The van der Waals surface area contributed by atoms with Crippen LogP contribution in [0.5, 0.6) is 0 Å². The van der Waals surface area contributed by atoms with Crippen LogP contribution >= 0.6 is 11.6 Å². The summed E-state index contributed by atoms with van der Waals surface area (Å²) in [7, 11) is 0. The van der Waals surface area contributed by atoms with Gasteiger partial charge in [-0.2, -0.15) is 0 Å². The number of aromatic nitrogens is 1. The molecule has 0 aliphatic carbocycles. The number of amides is 2. The molecule has 2 aromatic carbocycles. The first-order valence-electron chi connectivity index (χ1n) is 8.86. The number of benzene rings is 2. The fourth-order valence-electron chi connectivity index (χ4n) is 2.80. The van der Waals surface area contributed by atoms with Gasteiger partial charge in [-0.3, -0.25) is 9.59 Å². The molecule has 3 aromatic rings. The van der Waals surface area contributed by atoms with E-state index >= 15 is 0 Å². The fourth-order valence-corrected chi connectivity index (χ4v) is 3.02. The lowest BCUT2D eigenvalue weighted by Crippen LogP contribution is -2.31. The molecular weight excluding hydrogens is 374 g/mol. The zero-order chi connectivity index (χ0) is 19.9. The van der Waals surface area contributed by atoms with Crippen LogP contribution in [0.25, 0.3) is 0 Å². The van der Waals surface area contributed by atoms with Crippen molar-refractivity contribution in [2.45, 2.75) is 19.4 Å². The molecule has 2 amide bonds. The predicted octanol–water partition coefficient (Wildman–Crippen LogP) is 4.54. The summed E-state index contributed by atoms with van der Waals surface area (Å²) in [4.78, 5) is 29.4. The van der Waals surface area contributed by atoms with E-state index in [-0.39, 0.29) is 18.2 Å². The van der Waals surface area contributed by atoms with Crippen LogP contribution in [-0.4, -0.2) is 16.8 Å². The van der Waals surface area contributed by atoms with Crippen LogP contribution in [0.2, 0.25) is 5.02 Å². The molecule has 0 radical (unpaired) electrons. The van der Waals surface area contributed by atoms with Gasteiger partial charge in [0.15, 0.2) is 0 Å². The molecule has 0 saturated carbocycles. The summed E-state index contributed by atoms with van der Waals surface area (Å²) in [5.74, 6) is -0.0958. The standard InChI is InChI=1S/C22H20ClN3O2/c1-15-11-12-24-20(13-15)26-21(27)14-19(16-7-3-2-4-8-16)25-22(28)17-9-5-6-10-18(17)23/h2-13,19H,14H2,1H3,(H,25,28)(H,24,26,27)/t19-/m0/s1. The molecule has 28 heavy (non-hydrogen) atoms. The second kappa shape index (κ2) is 9.15. The van der Waals surface area contributed by atoms with Crippen molar-refractivity contribution >= 4 is 29.2 Å². The second-order valence-corrected chi connectivity index (χ2v) is 6.79. The summed E-state index contributed by atoms with van der Waals surface area (Å²) in [6.07, 6.45) is 1.70. The Balaban J connectivity index is 1.77. The van der Waals surface area contributed by atoms with E-state index < -0.39 is 6.04 Å². The van der Waals surface area contributed by atoms with Gasteiger partial charge in [0, 0.05) is 6.20 Å². The molecule has 0 fully saturated rings. The highest BCUT2D eigenvalue weighted by Gasteiger charge is 2.20. The summed E-state index contributed by atoms with van der Waals surface area (Å²) in [5, 5.41) is 6.06. The molecule has 0 bridgehead atoms. The Morgan fingerprint density at radius 3 is 2.46 bits per heavy atom. The van der Waals surface area contributed by atoms with E-state index in [0.29, 0.717) is 16.4 Å². The number of nitrogens with zero attached hydrogens (tertiary/aromatic N) is 1. The highest BCUT2D eigenvalue weighted by Crippen LogP contribution is 2.21. The zero-order valence-electron chi connectivity index (χ0n) is 15.4. The van der Waals surface area contributed by atoms with E-state index in [1.165, 1.54) is 0 Å². The van der Waals surface area contributed by atoms with Crippen LogP contribution in [0.1, 0.15) is 33.9 Å². The molecule has 0 saturated heterocycles. The smallest absolute Gasteiger partial charge is 0.253 e. The molecule has 1 atom stereocenters. The number of carbonyl (C=O) groups is 2. The first kappa shape index (κ1) is 19.6. The molecular formula is C22H20ClN3O2. The SMILES string of the molecule is Cc1ccnc(NC(=O)C[C@H](NC(=O)c2ccccc2Cl)c2ccccc2)c1. The highest BCUT2D eigenvalue weighted by molar-refractivity contribution is 6.33. The van der Waals surface area contributed by atoms with Gasteiger partial charge >= 0.3 is 0 Å². The van der Waals surface area contributed by atoms with Crippen LogP contribution in [0, 0.1) is 6.92 Å². The molecule has 0 aliphatic heterocycles. The first-order valence-corrected chi connectivity index (χ1v) is 9.23. The summed E-state index contributed by atoms with van der Waals surface area (Å²) in [6.45, 7) is 1.92. The molecule has 0 unspecified atom stereocenters. The summed E-state index contributed by atoms with van der Waals surface area (Å²) >= 11 is 6.13. The molecule has 5 nitrogen and oxygen atoms in total. The molecule has 3 rings (SSSR count). The lowest BCUT2D eigenvalue weighted by Gasteiger charge is -2.19. The van der Waals surface area contributed by atoms with Crippen molar-refractivity contribution in [2.75, 3.05) is 5.32 Å². The van der Waals surface area contributed by atoms with E-state index in [0.717, 1.165) is 11.1 Å². The lowest BCUT2D eigenvalue weighted by molar-refractivity contribution is -0.116. The minimum atomic E-state index is -0.505. The Bertz CT molecular complexity index is 976. The number of hydrogen-bond acceptors (Lipinski definition) is 3. The molecule has 142 valence electrons. The number of carbonyl (C=O) groups excluding carboxylic acids is 2. The second-order valence-electron chi connectivity index (χ2n) is 6.39. The van der Waals surface area contributed by atoms with Crippen LogP contribution in [0.15, 0.2) is 72.9 Å². The maximum Gasteiger partial charge on any atom is 0.253 e. The third-order valence-electron chi connectivity index (χ3n) is 4.20. The quantitative estimate of drug-likeness (QED) is 0.645. The third-order valence-corrected chi connectivity index (χ3v) is 4.53. The first-order chi connectivity index (χ1) is 13.5. The normalized spacial score (nSPS) is 11.5. The maximum absolute atomic E-state index is 12.7. The van der Waals surface area contributed by atoms with E-state index in [2.05, 4.69) is 15.6 Å². The van der Waals surface area contributed by atoms with Crippen molar-refractivity contribution in [3.05, 3.63) is 94.6 Å². The summed E-state index contributed by atoms with van der Waals surface area (Å²) in [6, 6.07) is 19.3. The molecule has 6 heteroatoms. The van der Waals surface area contributed by atoms with Crippen molar-refractivity contribution in [3.8, 4) is 0 Å². The van der Waals surface area contributed by atoms with Gasteiger partial charge in [0.2, 0.25) is 5.91 Å². The number of hydrogen-bond donors (Lipinski definition) is 2. The van der Waals surface area contributed by atoms with Gasteiger partial charge in [0.05, 0.1) is 23.0 Å². The molecule has 2 N–H and O–H groups in total. The number of nitrogens with one attached hydrogen (secondary N) is 2. The number of pyridine rings is 1. The number of rotatable bonds is 6. The van der Waals surface area contributed by atoms with E-state index in [1.807, 2.05) is 43.3 Å². The van der Waals surface area contributed by atoms with Crippen LogP contribution < -0.4 is 10.6 Å². The lowest BCUT2D eigenvalue weighted by atomic mass is 10.0. The number of aryl methyl sites for hydroxylation is 1. The number of halogens is 1. The Morgan fingerprint density at radius 2 is 1.75 bits per heavy atom. The highest BCUT2D eigenvalue weighted by atomic mass is 35.5. The minimum absolute atomic E-state index is 0.0653. The molecule has 1 heterocycles. The maximum atomic E-state index is 12.7. The summed E-state index contributed by atoms with van der Waals surface area (Å²) in [5.41, 5.74) is 2.19. The van der Waals surface area contributed by atoms with Gasteiger partial charge in [-0.05, 0) is 42.3 Å². The van der Waals surface area contributed by atoms with Crippen molar-refractivity contribution in [2.24, 2.45) is 0 Å². The van der Waals surface area contributed by atoms with Crippen molar-refractivity contribution in [3.63, 3.8) is 0 Å². The number of anilines is 1. The average Bonchev–Trinajstić information content (AvgIpc) is 2.68. The Kier molecular flexibility index (Phi) is 6.40. The third kappa shape index (κ3) is 5.18. The minimum Gasteiger partial charge on any atom is -0.345 e. The zero-order valence-corrected chi connectivity index (χ0v) is 16.1. The van der Waals surface area contributed by atoms with Gasteiger partial charge in [0.25, 0.3) is 5.91 Å². The molecule has 0 aliphatic rings. The van der Waals surface area contributed by atoms with Crippen LogP contribution in [0.4, 0.5) is 5.82 Å². The Hall–Kier alpha value is -3.18. The van der Waals surface area contributed by atoms with Gasteiger partial charge < -0.3 is 10.6 Å². The summed E-state index contributed by atoms with van der Waals surface area (Å²) < 4.78 is 0. The molecule has 0 spiro atoms. The average molecular weight is 394 g/mol. The monoisotopic (exact) mass is 393 g/mol. The van der Waals surface area contributed by atoms with Gasteiger partial charge in [-0.25, -0.2) is 4.98 Å². The van der Waals surface area contributed by atoms with Crippen molar-refractivity contribution in [1.82, 2.24) is 10.3 Å².